The van der Waals surface area contributed by atoms with Gasteiger partial charge in [0.15, 0.2) is 5.11 Å². The number of anilines is 1. The third-order valence-electron chi connectivity index (χ3n) is 3.19. The lowest BCUT2D eigenvalue weighted by molar-refractivity contribution is 0.376. The van der Waals surface area contributed by atoms with E-state index in [1.807, 2.05) is 24.3 Å². The van der Waals surface area contributed by atoms with Crippen molar-refractivity contribution in [3.8, 4) is 17.3 Å². The Kier molecular flexibility index (Phi) is 5.42. The minimum atomic E-state index is 0.285. The van der Waals surface area contributed by atoms with Crippen LogP contribution in [0.4, 0.5) is 5.69 Å². The molecular weight excluding hydrogens is 362 g/mol. The van der Waals surface area contributed by atoms with Crippen molar-refractivity contribution in [3.63, 3.8) is 0 Å². The van der Waals surface area contributed by atoms with Crippen molar-refractivity contribution in [1.29, 1.82) is 0 Å². The third kappa shape index (κ3) is 4.43. The zero-order chi connectivity index (χ0) is 17.6. The standard InChI is InChI=1S/C16H14ClN5O2S/c1-23-13-7-6-10(8-18-13)20-16(25)19-9-14-21-15(22-24-14)11-4-2-3-5-12(11)17/h2-8H,9H2,1H3,(H2,19,20,25). The Balaban J connectivity index is 1.56. The number of benzene rings is 1. The Labute approximate surface area is 154 Å². The lowest BCUT2D eigenvalue weighted by Gasteiger charge is -2.08. The highest BCUT2D eigenvalue weighted by Crippen LogP contribution is 2.24. The largest absolute Gasteiger partial charge is 0.481 e. The molecule has 0 aliphatic heterocycles. The molecule has 1 aromatic carbocycles. The van der Waals surface area contributed by atoms with Crippen molar-refractivity contribution in [2.45, 2.75) is 6.54 Å². The van der Waals surface area contributed by atoms with Gasteiger partial charge in [0.25, 0.3) is 0 Å². The van der Waals surface area contributed by atoms with Crippen LogP contribution in [-0.2, 0) is 6.54 Å². The molecule has 2 heterocycles. The van der Waals surface area contributed by atoms with Gasteiger partial charge in [-0.2, -0.15) is 4.98 Å². The van der Waals surface area contributed by atoms with Crippen LogP contribution in [0.5, 0.6) is 5.88 Å². The quantitative estimate of drug-likeness (QED) is 0.657. The second-order valence-corrected chi connectivity index (χ2v) is 5.70. The lowest BCUT2D eigenvalue weighted by Crippen LogP contribution is -2.28. The Morgan fingerprint density at radius 1 is 1.28 bits per heavy atom. The molecule has 7 nitrogen and oxygen atoms in total. The van der Waals surface area contributed by atoms with E-state index in [0.717, 1.165) is 5.69 Å². The van der Waals surface area contributed by atoms with E-state index in [1.165, 1.54) is 0 Å². The molecule has 0 amide bonds. The molecule has 0 unspecified atom stereocenters. The fourth-order valence-corrected chi connectivity index (χ4v) is 2.40. The highest BCUT2D eigenvalue weighted by Gasteiger charge is 2.11. The van der Waals surface area contributed by atoms with E-state index in [-0.39, 0.29) is 6.54 Å². The van der Waals surface area contributed by atoms with Gasteiger partial charge in [0.1, 0.15) is 0 Å². The normalized spacial score (nSPS) is 10.3. The summed E-state index contributed by atoms with van der Waals surface area (Å²) in [5.74, 6) is 1.36. The second kappa shape index (κ2) is 7.91. The van der Waals surface area contributed by atoms with E-state index in [9.17, 15) is 0 Å². The molecule has 25 heavy (non-hydrogen) atoms. The van der Waals surface area contributed by atoms with Crippen LogP contribution in [0.3, 0.4) is 0 Å². The fourth-order valence-electron chi connectivity index (χ4n) is 1.98. The highest BCUT2D eigenvalue weighted by molar-refractivity contribution is 7.80. The van der Waals surface area contributed by atoms with Gasteiger partial charge < -0.3 is 19.9 Å². The Hall–Kier alpha value is -2.71. The monoisotopic (exact) mass is 375 g/mol. The average Bonchev–Trinajstić information content (AvgIpc) is 3.10. The van der Waals surface area contributed by atoms with Crippen LogP contribution in [-0.4, -0.2) is 27.3 Å². The first-order chi connectivity index (χ1) is 12.2. The first-order valence-electron chi connectivity index (χ1n) is 7.28. The third-order valence-corrected chi connectivity index (χ3v) is 3.76. The first kappa shape index (κ1) is 17.1. The Morgan fingerprint density at radius 2 is 2.12 bits per heavy atom. The van der Waals surface area contributed by atoms with Gasteiger partial charge in [-0.1, -0.05) is 28.9 Å². The number of nitrogens with zero attached hydrogens (tertiary/aromatic N) is 3. The molecule has 0 atom stereocenters. The summed E-state index contributed by atoms with van der Waals surface area (Å²) in [6.45, 7) is 0.285. The molecule has 0 aliphatic carbocycles. The van der Waals surface area contributed by atoms with Crippen LogP contribution in [0, 0.1) is 0 Å². The zero-order valence-corrected chi connectivity index (χ0v) is 14.8. The van der Waals surface area contributed by atoms with Gasteiger partial charge in [0, 0.05) is 11.6 Å². The fraction of sp³-hybridized carbons (Fsp3) is 0.125. The molecule has 2 N–H and O–H groups in total. The maximum atomic E-state index is 6.12. The highest BCUT2D eigenvalue weighted by atomic mass is 35.5. The van der Waals surface area contributed by atoms with Gasteiger partial charge in [-0.3, -0.25) is 0 Å². The number of pyridine rings is 1. The van der Waals surface area contributed by atoms with Crippen LogP contribution >= 0.6 is 23.8 Å². The SMILES string of the molecule is COc1ccc(NC(=S)NCc2nc(-c3ccccc3Cl)no2)cn1. The maximum Gasteiger partial charge on any atom is 0.246 e. The van der Waals surface area contributed by atoms with Crippen LogP contribution < -0.4 is 15.4 Å². The van der Waals surface area contributed by atoms with Gasteiger partial charge in [0.2, 0.25) is 17.6 Å². The summed E-state index contributed by atoms with van der Waals surface area (Å²) in [5.41, 5.74) is 1.45. The van der Waals surface area contributed by atoms with Crippen LogP contribution in [0.15, 0.2) is 47.1 Å². The lowest BCUT2D eigenvalue weighted by atomic mass is 10.2. The zero-order valence-electron chi connectivity index (χ0n) is 13.2. The van der Waals surface area contributed by atoms with Crippen molar-refractivity contribution in [3.05, 3.63) is 53.5 Å². The van der Waals surface area contributed by atoms with E-state index in [0.29, 0.717) is 33.3 Å². The summed E-state index contributed by atoms with van der Waals surface area (Å²) >= 11 is 11.3. The van der Waals surface area contributed by atoms with Gasteiger partial charge in [-0.05, 0) is 30.4 Å². The van der Waals surface area contributed by atoms with E-state index in [4.69, 9.17) is 33.1 Å². The molecule has 9 heteroatoms. The van der Waals surface area contributed by atoms with E-state index in [2.05, 4.69) is 25.8 Å². The molecule has 0 radical (unpaired) electrons. The molecule has 0 spiro atoms. The van der Waals surface area contributed by atoms with Gasteiger partial charge in [-0.15, -0.1) is 0 Å². The summed E-state index contributed by atoms with van der Waals surface area (Å²) in [6, 6.07) is 10.8. The average molecular weight is 376 g/mol. The molecule has 3 aromatic rings. The van der Waals surface area contributed by atoms with Gasteiger partial charge >= 0.3 is 0 Å². The van der Waals surface area contributed by atoms with E-state index in [1.54, 1.807) is 25.4 Å². The molecule has 128 valence electrons. The number of hydrogen-bond donors (Lipinski definition) is 2. The smallest absolute Gasteiger partial charge is 0.246 e. The molecule has 0 aliphatic rings. The van der Waals surface area contributed by atoms with Crippen molar-refractivity contribution in [2.24, 2.45) is 0 Å². The number of ether oxygens (including phenoxy) is 1. The van der Waals surface area contributed by atoms with Crippen molar-refractivity contribution in [1.82, 2.24) is 20.4 Å². The van der Waals surface area contributed by atoms with Crippen molar-refractivity contribution >= 4 is 34.6 Å². The summed E-state index contributed by atoms with van der Waals surface area (Å²) in [7, 11) is 1.56. The number of halogens is 1. The second-order valence-electron chi connectivity index (χ2n) is 4.89. The molecule has 0 saturated heterocycles. The Bertz CT molecular complexity index is 869. The van der Waals surface area contributed by atoms with E-state index >= 15 is 0 Å². The van der Waals surface area contributed by atoms with Crippen LogP contribution in [0.25, 0.3) is 11.4 Å². The number of aromatic nitrogens is 3. The van der Waals surface area contributed by atoms with Gasteiger partial charge in [-0.25, -0.2) is 4.98 Å². The molecule has 3 rings (SSSR count). The number of thiocarbonyl (C=S) groups is 1. The van der Waals surface area contributed by atoms with Crippen molar-refractivity contribution in [2.75, 3.05) is 12.4 Å². The number of nitrogens with one attached hydrogen (secondary N) is 2. The predicted molar refractivity (Wildman–Crippen MR) is 98.6 cm³/mol. The van der Waals surface area contributed by atoms with Crippen LogP contribution in [0.2, 0.25) is 5.02 Å². The predicted octanol–water partition coefficient (Wildman–Crippen LogP) is 3.28. The maximum absolute atomic E-state index is 6.12. The minimum absolute atomic E-state index is 0.285. The minimum Gasteiger partial charge on any atom is -0.481 e. The summed E-state index contributed by atoms with van der Waals surface area (Å²) in [6.07, 6.45) is 1.62. The van der Waals surface area contributed by atoms with Crippen LogP contribution in [0.1, 0.15) is 5.89 Å². The topological polar surface area (TPSA) is 85.1 Å². The van der Waals surface area contributed by atoms with Gasteiger partial charge in [0.05, 0.1) is 30.6 Å². The summed E-state index contributed by atoms with van der Waals surface area (Å²) in [4.78, 5) is 8.39. The number of methoxy groups -OCH3 is 1. The first-order valence-corrected chi connectivity index (χ1v) is 8.06. The molecule has 0 bridgehead atoms. The summed E-state index contributed by atoms with van der Waals surface area (Å²) in [5, 5.41) is 10.9. The number of rotatable bonds is 5. The number of hydrogen-bond acceptors (Lipinski definition) is 6. The summed E-state index contributed by atoms with van der Waals surface area (Å²) < 4.78 is 10.2. The molecular formula is C16H14ClN5O2S. The van der Waals surface area contributed by atoms with Crippen molar-refractivity contribution < 1.29 is 9.26 Å². The Morgan fingerprint density at radius 3 is 2.84 bits per heavy atom. The molecule has 2 aromatic heterocycles. The molecule has 0 saturated carbocycles. The molecule has 0 fully saturated rings. The van der Waals surface area contributed by atoms with E-state index < -0.39 is 0 Å².